The number of nitrogens with one attached hydrogen (secondary N) is 2. The molecule has 0 fully saturated rings. The molecule has 2 aromatic carbocycles. The summed E-state index contributed by atoms with van der Waals surface area (Å²) in [5, 5.41) is 10.8. The summed E-state index contributed by atoms with van der Waals surface area (Å²) in [6.07, 6.45) is -4.54. The number of anilines is 1. The van der Waals surface area contributed by atoms with Gasteiger partial charge in [-0.1, -0.05) is 12.1 Å². The summed E-state index contributed by atoms with van der Waals surface area (Å²) in [6.45, 7) is -1.73. The molecule has 0 heterocycles. The fraction of sp³-hybridized carbons (Fsp3) is 0.188. The Morgan fingerprint density at radius 3 is 2.31 bits per heavy atom. The molecular weight excluding hydrogens is 373 g/mol. The van der Waals surface area contributed by atoms with Crippen LogP contribution in [-0.2, 0) is 16.6 Å². The van der Waals surface area contributed by atoms with Crippen LogP contribution in [0.5, 0.6) is 0 Å². The Balaban J connectivity index is 2.12. The summed E-state index contributed by atoms with van der Waals surface area (Å²) >= 11 is 0. The largest absolute Gasteiger partial charge is 0.405 e. The van der Waals surface area contributed by atoms with Gasteiger partial charge in [-0.05, 0) is 42.0 Å². The summed E-state index contributed by atoms with van der Waals surface area (Å²) in [4.78, 5) is 11.4. The van der Waals surface area contributed by atoms with Crippen molar-refractivity contribution in [3.8, 4) is 0 Å². The highest BCUT2D eigenvalue weighted by molar-refractivity contribution is 7.92. The fourth-order valence-electron chi connectivity index (χ4n) is 2.02. The molecule has 2 aromatic rings. The van der Waals surface area contributed by atoms with Gasteiger partial charge in [0.25, 0.3) is 15.9 Å². The molecule has 0 saturated carbocycles. The van der Waals surface area contributed by atoms with E-state index in [0.717, 1.165) is 24.3 Å². The molecule has 0 aliphatic carbocycles. The maximum atomic E-state index is 12.3. The van der Waals surface area contributed by atoms with E-state index in [0.29, 0.717) is 5.56 Å². The number of rotatable bonds is 6. The molecule has 140 valence electrons. The quantitative estimate of drug-likeness (QED) is 0.708. The maximum Gasteiger partial charge on any atom is 0.405 e. The van der Waals surface area contributed by atoms with Gasteiger partial charge >= 0.3 is 6.18 Å². The average Bonchev–Trinajstić information content (AvgIpc) is 2.59. The normalized spacial score (nSPS) is 11.8. The molecule has 0 atom stereocenters. The molecule has 2 rings (SSSR count). The van der Waals surface area contributed by atoms with Gasteiger partial charge in [0.1, 0.15) is 6.54 Å². The van der Waals surface area contributed by atoms with Crippen molar-refractivity contribution in [2.75, 3.05) is 11.3 Å². The van der Waals surface area contributed by atoms with E-state index in [2.05, 4.69) is 4.72 Å². The number of sulfonamides is 1. The molecule has 6 nitrogen and oxygen atoms in total. The molecule has 0 radical (unpaired) electrons. The second-order valence-electron chi connectivity index (χ2n) is 5.29. The summed E-state index contributed by atoms with van der Waals surface area (Å²) in [5.41, 5.74) is 0.654. The van der Waals surface area contributed by atoms with E-state index < -0.39 is 28.7 Å². The highest BCUT2D eigenvalue weighted by Crippen LogP contribution is 2.18. The zero-order valence-corrected chi connectivity index (χ0v) is 14.1. The Labute approximate surface area is 147 Å². The fourth-order valence-corrected chi connectivity index (χ4v) is 3.06. The van der Waals surface area contributed by atoms with Gasteiger partial charge in [0.2, 0.25) is 0 Å². The minimum absolute atomic E-state index is 0.101. The van der Waals surface area contributed by atoms with Crippen LogP contribution in [0.2, 0.25) is 0 Å². The van der Waals surface area contributed by atoms with Crippen LogP contribution in [0, 0.1) is 0 Å². The van der Waals surface area contributed by atoms with Crippen LogP contribution in [0.1, 0.15) is 15.9 Å². The number of aliphatic hydroxyl groups excluding tert-OH is 1. The van der Waals surface area contributed by atoms with Gasteiger partial charge in [-0.25, -0.2) is 8.42 Å². The lowest BCUT2D eigenvalue weighted by Crippen LogP contribution is -2.33. The summed E-state index contributed by atoms with van der Waals surface area (Å²) in [6, 6.07) is 10.6. The van der Waals surface area contributed by atoms with E-state index in [-0.39, 0.29) is 22.8 Å². The van der Waals surface area contributed by atoms with Gasteiger partial charge in [0.15, 0.2) is 0 Å². The van der Waals surface area contributed by atoms with Gasteiger partial charge in [-0.3, -0.25) is 9.52 Å². The number of hydrogen-bond acceptors (Lipinski definition) is 4. The second-order valence-corrected chi connectivity index (χ2v) is 6.97. The van der Waals surface area contributed by atoms with E-state index in [1.54, 1.807) is 17.4 Å². The molecule has 1 amide bonds. The first-order chi connectivity index (χ1) is 12.1. The third kappa shape index (κ3) is 5.46. The number of halogens is 3. The van der Waals surface area contributed by atoms with Crippen LogP contribution in [0.15, 0.2) is 53.4 Å². The van der Waals surface area contributed by atoms with Crippen molar-refractivity contribution in [2.24, 2.45) is 0 Å². The minimum Gasteiger partial charge on any atom is -0.392 e. The Bertz CT molecular complexity index is 881. The highest BCUT2D eigenvalue weighted by atomic mass is 32.2. The van der Waals surface area contributed by atoms with Crippen molar-refractivity contribution in [1.29, 1.82) is 0 Å². The van der Waals surface area contributed by atoms with E-state index in [1.165, 1.54) is 12.1 Å². The third-order valence-electron chi connectivity index (χ3n) is 3.24. The number of hydrogen-bond donors (Lipinski definition) is 3. The molecule has 26 heavy (non-hydrogen) atoms. The van der Waals surface area contributed by atoms with Gasteiger partial charge in [-0.2, -0.15) is 13.2 Å². The predicted molar refractivity (Wildman–Crippen MR) is 88.0 cm³/mol. The minimum atomic E-state index is -4.54. The average molecular weight is 388 g/mol. The number of benzene rings is 2. The van der Waals surface area contributed by atoms with Crippen molar-refractivity contribution in [2.45, 2.75) is 17.7 Å². The number of alkyl halides is 3. The summed E-state index contributed by atoms with van der Waals surface area (Å²) in [7, 11) is -3.96. The molecule has 0 aromatic heterocycles. The number of aliphatic hydroxyl groups is 1. The summed E-state index contributed by atoms with van der Waals surface area (Å²) < 4.78 is 63.2. The van der Waals surface area contributed by atoms with Crippen LogP contribution in [0.25, 0.3) is 0 Å². The van der Waals surface area contributed by atoms with E-state index in [9.17, 15) is 26.4 Å². The maximum absolute atomic E-state index is 12.3. The number of carbonyl (C=O) groups is 1. The van der Waals surface area contributed by atoms with Crippen molar-refractivity contribution >= 4 is 21.6 Å². The summed E-state index contributed by atoms with van der Waals surface area (Å²) in [5.74, 6) is -0.963. The Hall–Kier alpha value is -2.59. The lowest BCUT2D eigenvalue weighted by molar-refractivity contribution is -0.123. The first-order valence-corrected chi connectivity index (χ1v) is 8.77. The van der Waals surface area contributed by atoms with Crippen molar-refractivity contribution in [3.05, 3.63) is 59.7 Å². The number of amides is 1. The molecule has 3 N–H and O–H groups in total. The van der Waals surface area contributed by atoms with Crippen LogP contribution in [0.4, 0.5) is 18.9 Å². The van der Waals surface area contributed by atoms with Gasteiger partial charge in [-0.15, -0.1) is 0 Å². The number of carbonyl (C=O) groups excluding carboxylic acids is 1. The zero-order valence-electron chi connectivity index (χ0n) is 13.2. The highest BCUT2D eigenvalue weighted by Gasteiger charge is 2.28. The smallest absolute Gasteiger partial charge is 0.392 e. The third-order valence-corrected chi connectivity index (χ3v) is 4.64. The van der Waals surface area contributed by atoms with Crippen molar-refractivity contribution < 1.29 is 31.5 Å². The Morgan fingerprint density at radius 2 is 1.73 bits per heavy atom. The molecular formula is C16H15F3N2O4S. The van der Waals surface area contributed by atoms with Crippen LogP contribution in [-0.4, -0.2) is 32.2 Å². The topological polar surface area (TPSA) is 95.5 Å². The zero-order chi connectivity index (χ0) is 19.4. The lowest BCUT2D eigenvalue weighted by atomic mass is 10.2. The molecule has 0 saturated heterocycles. The second kappa shape index (κ2) is 7.75. The van der Waals surface area contributed by atoms with E-state index in [1.807, 2.05) is 0 Å². The first kappa shape index (κ1) is 19.7. The van der Waals surface area contributed by atoms with E-state index in [4.69, 9.17) is 5.11 Å². The Morgan fingerprint density at radius 1 is 1.08 bits per heavy atom. The van der Waals surface area contributed by atoms with E-state index >= 15 is 0 Å². The standard InChI is InChI=1S/C16H15F3N2O4S/c17-16(18,19)10-20-15(23)12-4-6-14(7-5-12)26(24,25)21-13-3-1-2-11(8-13)9-22/h1-8,21-22H,9-10H2,(H,20,23). The van der Waals surface area contributed by atoms with Gasteiger partial charge in [0, 0.05) is 11.3 Å². The molecule has 0 aliphatic rings. The first-order valence-electron chi connectivity index (χ1n) is 7.28. The molecule has 10 heteroatoms. The lowest BCUT2D eigenvalue weighted by Gasteiger charge is -2.10. The van der Waals surface area contributed by atoms with Crippen LogP contribution >= 0.6 is 0 Å². The van der Waals surface area contributed by atoms with Crippen LogP contribution in [0.3, 0.4) is 0 Å². The van der Waals surface area contributed by atoms with Crippen molar-refractivity contribution in [1.82, 2.24) is 5.32 Å². The van der Waals surface area contributed by atoms with Gasteiger partial charge < -0.3 is 10.4 Å². The molecule has 0 spiro atoms. The molecule has 0 bridgehead atoms. The van der Waals surface area contributed by atoms with Crippen LogP contribution < -0.4 is 10.0 Å². The Kier molecular flexibility index (Phi) is 5.88. The molecule has 0 aliphatic heterocycles. The molecule has 0 unspecified atom stereocenters. The predicted octanol–water partition coefficient (Wildman–Crippen LogP) is 2.27. The van der Waals surface area contributed by atoms with Gasteiger partial charge in [0.05, 0.1) is 11.5 Å². The SMILES string of the molecule is O=C(NCC(F)(F)F)c1ccc(S(=O)(=O)Nc2cccc(CO)c2)cc1. The van der Waals surface area contributed by atoms with Crippen molar-refractivity contribution in [3.63, 3.8) is 0 Å². The monoisotopic (exact) mass is 388 g/mol.